The molecule has 3 rings (SSSR count). The zero-order chi connectivity index (χ0) is 24.1. The summed E-state index contributed by atoms with van der Waals surface area (Å²) >= 11 is 9.13. The van der Waals surface area contributed by atoms with E-state index in [4.69, 9.17) is 21.1 Å². The van der Waals surface area contributed by atoms with E-state index in [-0.39, 0.29) is 11.5 Å². The van der Waals surface area contributed by atoms with Gasteiger partial charge in [0.05, 0.1) is 22.2 Å². The van der Waals surface area contributed by atoms with Crippen LogP contribution in [-0.2, 0) is 20.9 Å². The van der Waals surface area contributed by atoms with Crippen molar-refractivity contribution in [1.29, 1.82) is 0 Å². The van der Waals surface area contributed by atoms with E-state index in [0.29, 0.717) is 28.7 Å². The second-order valence-corrected chi connectivity index (χ2v) is 9.46. The van der Waals surface area contributed by atoms with Crippen molar-refractivity contribution in [1.82, 2.24) is 4.90 Å². The summed E-state index contributed by atoms with van der Waals surface area (Å²) in [6.07, 6.45) is 1.59. The van der Waals surface area contributed by atoms with E-state index < -0.39 is 23.2 Å². The molecule has 2 amide bonds. The molecule has 1 atom stereocenters. The average Bonchev–Trinajstić information content (AvgIpc) is 3.06. The van der Waals surface area contributed by atoms with E-state index in [1.54, 1.807) is 18.2 Å². The number of benzene rings is 2. The minimum atomic E-state index is -1.01. The number of ether oxygens (including phenoxy) is 3. The van der Waals surface area contributed by atoms with Crippen molar-refractivity contribution < 1.29 is 28.6 Å². The number of carbonyl (C=O) groups is 3. The van der Waals surface area contributed by atoms with Crippen LogP contribution in [0.2, 0.25) is 5.02 Å². The Kier molecular flexibility index (Phi) is 8.66. The SMILES string of the molecule is CCOc1cc(/C=C2/SC(=O)N([C@@H](C)C(=O)OC)C2=O)cc(I)c1OCc1ccccc1Cl. The molecular weight excluding hydrogens is 581 g/mol. The number of thioether (sulfide) groups is 1. The second kappa shape index (κ2) is 11.3. The summed E-state index contributed by atoms with van der Waals surface area (Å²) in [6, 6.07) is 9.97. The van der Waals surface area contributed by atoms with Gasteiger partial charge in [0.1, 0.15) is 12.6 Å². The number of imide groups is 1. The molecule has 0 spiro atoms. The van der Waals surface area contributed by atoms with Crippen LogP contribution in [0.3, 0.4) is 0 Å². The molecule has 1 aliphatic heterocycles. The number of carbonyl (C=O) groups excluding carboxylic acids is 3. The lowest BCUT2D eigenvalue weighted by atomic mass is 10.1. The second-order valence-electron chi connectivity index (χ2n) is 6.89. The van der Waals surface area contributed by atoms with Crippen molar-refractivity contribution >= 4 is 69.1 Å². The number of nitrogens with zero attached hydrogens (tertiary/aromatic N) is 1. The molecule has 0 radical (unpaired) electrons. The summed E-state index contributed by atoms with van der Waals surface area (Å²) in [5.74, 6) is -0.145. The number of halogens is 2. The fourth-order valence-corrected chi connectivity index (χ4v) is 4.96. The molecule has 0 saturated carbocycles. The van der Waals surface area contributed by atoms with Crippen molar-refractivity contribution in [3.63, 3.8) is 0 Å². The third kappa shape index (κ3) is 5.82. The van der Waals surface area contributed by atoms with E-state index in [1.165, 1.54) is 14.0 Å². The third-order valence-electron chi connectivity index (χ3n) is 4.71. The van der Waals surface area contributed by atoms with Crippen LogP contribution in [0.15, 0.2) is 41.3 Å². The highest BCUT2D eigenvalue weighted by Gasteiger charge is 2.41. The Morgan fingerprint density at radius 3 is 2.64 bits per heavy atom. The van der Waals surface area contributed by atoms with Crippen molar-refractivity contribution in [2.24, 2.45) is 0 Å². The minimum Gasteiger partial charge on any atom is -0.490 e. The molecule has 0 unspecified atom stereocenters. The minimum absolute atomic E-state index is 0.207. The highest BCUT2D eigenvalue weighted by molar-refractivity contribution is 14.1. The number of esters is 1. The molecule has 0 aromatic heterocycles. The molecular formula is C23H21ClINO6S. The molecule has 0 aliphatic carbocycles. The number of amides is 2. The molecule has 2 aromatic carbocycles. The first-order chi connectivity index (χ1) is 15.8. The summed E-state index contributed by atoms with van der Waals surface area (Å²) in [7, 11) is 1.21. The first kappa shape index (κ1) is 25.4. The van der Waals surface area contributed by atoms with Crippen LogP contribution in [0.4, 0.5) is 4.79 Å². The van der Waals surface area contributed by atoms with Crippen LogP contribution in [0.1, 0.15) is 25.0 Å². The van der Waals surface area contributed by atoms with Gasteiger partial charge in [-0.25, -0.2) is 4.79 Å². The topological polar surface area (TPSA) is 82.1 Å². The summed E-state index contributed by atoms with van der Waals surface area (Å²) in [5, 5.41) is 0.0857. The molecule has 0 bridgehead atoms. The van der Waals surface area contributed by atoms with Crippen LogP contribution in [0.5, 0.6) is 11.5 Å². The maximum absolute atomic E-state index is 12.8. The fourth-order valence-electron chi connectivity index (χ4n) is 3.08. The fraction of sp³-hybridized carbons (Fsp3) is 0.261. The van der Waals surface area contributed by atoms with Gasteiger partial charge in [0.15, 0.2) is 11.5 Å². The van der Waals surface area contributed by atoms with Crippen LogP contribution in [-0.4, -0.2) is 41.8 Å². The van der Waals surface area contributed by atoms with Gasteiger partial charge < -0.3 is 14.2 Å². The quantitative estimate of drug-likeness (QED) is 0.224. The summed E-state index contributed by atoms with van der Waals surface area (Å²) in [5.41, 5.74) is 1.50. The van der Waals surface area contributed by atoms with Gasteiger partial charge in [-0.3, -0.25) is 14.5 Å². The first-order valence-electron chi connectivity index (χ1n) is 9.94. The predicted octanol–water partition coefficient (Wildman–Crippen LogP) is 5.52. The van der Waals surface area contributed by atoms with E-state index in [1.807, 2.05) is 31.2 Å². The Hall–Kier alpha value is -2.24. The highest BCUT2D eigenvalue weighted by Crippen LogP contribution is 2.38. The Morgan fingerprint density at radius 1 is 1.24 bits per heavy atom. The first-order valence-corrected chi connectivity index (χ1v) is 12.2. The average molecular weight is 602 g/mol. The van der Waals surface area contributed by atoms with Gasteiger partial charge in [-0.1, -0.05) is 29.8 Å². The summed E-state index contributed by atoms with van der Waals surface area (Å²) < 4.78 is 17.2. The molecule has 1 saturated heterocycles. The van der Waals surface area contributed by atoms with E-state index in [9.17, 15) is 14.4 Å². The number of hydrogen-bond acceptors (Lipinski definition) is 7. The lowest BCUT2D eigenvalue weighted by Gasteiger charge is -2.18. The largest absolute Gasteiger partial charge is 0.490 e. The Bertz CT molecular complexity index is 1120. The van der Waals surface area contributed by atoms with Gasteiger partial charge in [-0.05, 0) is 78.0 Å². The van der Waals surface area contributed by atoms with E-state index in [0.717, 1.165) is 25.8 Å². The zero-order valence-electron chi connectivity index (χ0n) is 18.1. The van der Waals surface area contributed by atoms with Gasteiger partial charge in [0, 0.05) is 10.6 Å². The van der Waals surface area contributed by atoms with Gasteiger partial charge in [-0.2, -0.15) is 0 Å². The van der Waals surface area contributed by atoms with Gasteiger partial charge >= 0.3 is 5.97 Å². The monoisotopic (exact) mass is 601 g/mol. The third-order valence-corrected chi connectivity index (χ3v) is 6.77. The van der Waals surface area contributed by atoms with Crippen LogP contribution in [0.25, 0.3) is 6.08 Å². The van der Waals surface area contributed by atoms with Crippen LogP contribution >= 0.6 is 46.0 Å². The Labute approximate surface area is 214 Å². The molecule has 1 fully saturated rings. The van der Waals surface area contributed by atoms with Gasteiger partial charge in [0.25, 0.3) is 11.1 Å². The maximum Gasteiger partial charge on any atom is 0.328 e. The Balaban J connectivity index is 1.88. The van der Waals surface area contributed by atoms with Gasteiger partial charge in [0.2, 0.25) is 0 Å². The van der Waals surface area contributed by atoms with Crippen molar-refractivity contribution in [3.8, 4) is 11.5 Å². The molecule has 10 heteroatoms. The van der Waals surface area contributed by atoms with Crippen molar-refractivity contribution in [2.45, 2.75) is 26.5 Å². The highest BCUT2D eigenvalue weighted by atomic mass is 127. The van der Waals surface area contributed by atoms with Crippen LogP contribution < -0.4 is 9.47 Å². The van der Waals surface area contributed by atoms with Gasteiger partial charge in [-0.15, -0.1) is 0 Å². The predicted molar refractivity (Wildman–Crippen MR) is 135 cm³/mol. The molecule has 1 heterocycles. The molecule has 174 valence electrons. The molecule has 33 heavy (non-hydrogen) atoms. The summed E-state index contributed by atoms with van der Waals surface area (Å²) in [6.45, 7) is 3.98. The summed E-state index contributed by atoms with van der Waals surface area (Å²) in [4.78, 5) is 38.0. The van der Waals surface area contributed by atoms with E-state index in [2.05, 4.69) is 27.3 Å². The maximum atomic E-state index is 12.8. The number of hydrogen-bond donors (Lipinski definition) is 0. The van der Waals surface area contributed by atoms with Crippen molar-refractivity contribution in [3.05, 3.63) is 61.0 Å². The molecule has 7 nitrogen and oxygen atoms in total. The lowest BCUT2D eigenvalue weighted by molar-refractivity contribution is -0.148. The standard InChI is InChI=1S/C23H21ClINO6S/c1-4-31-18-10-14(9-17(25)20(18)32-12-15-7-5-6-8-16(15)24)11-19-21(27)26(23(29)33-19)13(2)22(28)30-3/h5-11,13H,4,12H2,1-3H3/b19-11+/t13-/m0/s1. The van der Waals surface area contributed by atoms with E-state index >= 15 is 0 Å². The smallest absolute Gasteiger partial charge is 0.328 e. The molecule has 1 aliphatic rings. The number of methoxy groups -OCH3 is 1. The van der Waals surface area contributed by atoms with Crippen molar-refractivity contribution in [2.75, 3.05) is 13.7 Å². The molecule has 2 aromatic rings. The number of rotatable bonds is 8. The molecule has 0 N–H and O–H groups in total. The van der Waals surface area contributed by atoms with Crippen LogP contribution in [0, 0.1) is 3.57 Å². The normalized spacial score (nSPS) is 15.7. The zero-order valence-corrected chi connectivity index (χ0v) is 21.8. The lowest BCUT2D eigenvalue weighted by Crippen LogP contribution is -2.42. The Morgan fingerprint density at radius 2 is 1.97 bits per heavy atom.